The summed E-state index contributed by atoms with van der Waals surface area (Å²) in [5, 5.41) is 2.39. The molecule has 0 aliphatic rings. The Labute approximate surface area is 118 Å². The van der Waals surface area contributed by atoms with E-state index in [1.165, 1.54) is 21.9 Å². The van der Waals surface area contributed by atoms with Gasteiger partial charge in [-0.05, 0) is 64.7 Å². The zero-order valence-corrected chi connectivity index (χ0v) is 11.7. The number of fused-ring (bicyclic) bond motifs is 1. The molecular formula is C18H17NO. The molecule has 3 aromatic rings. The van der Waals surface area contributed by atoms with E-state index in [0.29, 0.717) is 0 Å². The fraction of sp³-hybridized carbons (Fsp3) is 0.111. The SMILES string of the molecule is COc1ccc2cc(-c3ccc(N)c(C)c3)ccc2c1. The molecule has 0 amide bonds. The van der Waals surface area contributed by atoms with Gasteiger partial charge in [0.05, 0.1) is 7.11 Å². The van der Waals surface area contributed by atoms with Gasteiger partial charge in [-0.2, -0.15) is 0 Å². The minimum absolute atomic E-state index is 0.833. The molecular weight excluding hydrogens is 246 g/mol. The monoisotopic (exact) mass is 263 g/mol. The van der Waals surface area contributed by atoms with Crippen LogP contribution in [-0.2, 0) is 0 Å². The van der Waals surface area contributed by atoms with E-state index in [-0.39, 0.29) is 0 Å². The van der Waals surface area contributed by atoms with Crippen molar-refractivity contribution in [3.05, 3.63) is 60.2 Å². The number of hydrogen-bond acceptors (Lipinski definition) is 2. The molecule has 0 saturated heterocycles. The molecule has 100 valence electrons. The Balaban J connectivity index is 2.10. The van der Waals surface area contributed by atoms with E-state index in [2.05, 4.69) is 36.4 Å². The second-order valence-corrected chi connectivity index (χ2v) is 5.00. The maximum Gasteiger partial charge on any atom is 0.119 e. The lowest BCUT2D eigenvalue weighted by atomic mass is 9.99. The van der Waals surface area contributed by atoms with E-state index in [0.717, 1.165) is 17.0 Å². The van der Waals surface area contributed by atoms with Crippen molar-refractivity contribution in [2.75, 3.05) is 12.8 Å². The normalized spacial score (nSPS) is 10.7. The second kappa shape index (κ2) is 4.89. The average molecular weight is 263 g/mol. The summed E-state index contributed by atoms with van der Waals surface area (Å²) < 4.78 is 5.25. The molecule has 2 N–H and O–H groups in total. The number of ether oxygens (including phenoxy) is 1. The number of rotatable bonds is 2. The molecule has 0 aromatic heterocycles. The van der Waals surface area contributed by atoms with Crippen molar-refractivity contribution in [3.63, 3.8) is 0 Å². The third kappa shape index (κ3) is 2.21. The van der Waals surface area contributed by atoms with Gasteiger partial charge in [0.15, 0.2) is 0 Å². The molecule has 0 bridgehead atoms. The van der Waals surface area contributed by atoms with Crippen LogP contribution in [0.15, 0.2) is 54.6 Å². The van der Waals surface area contributed by atoms with Crippen molar-refractivity contribution < 1.29 is 4.74 Å². The highest BCUT2D eigenvalue weighted by atomic mass is 16.5. The van der Waals surface area contributed by atoms with E-state index in [4.69, 9.17) is 10.5 Å². The minimum atomic E-state index is 0.833. The molecule has 2 heteroatoms. The van der Waals surface area contributed by atoms with Gasteiger partial charge in [-0.25, -0.2) is 0 Å². The van der Waals surface area contributed by atoms with Crippen LogP contribution in [0.25, 0.3) is 21.9 Å². The third-order valence-electron chi connectivity index (χ3n) is 3.65. The van der Waals surface area contributed by atoms with Crippen LogP contribution in [0.5, 0.6) is 5.75 Å². The molecule has 20 heavy (non-hydrogen) atoms. The number of methoxy groups -OCH3 is 1. The van der Waals surface area contributed by atoms with E-state index in [1.807, 2.05) is 25.1 Å². The number of anilines is 1. The molecule has 0 fully saturated rings. The first-order chi connectivity index (χ1) is 9.67. The highest BCUT2D eigenvalue weighted by molar-refractivity contribution is 5.88. The molecule has 2 nitrogen and oxygen atoms in total. The standard InChI is InChI=1S/C18H17NO/c1-12-9-13(6-8-18(12)19)14-3-4-16-11-17(20-2)7-5-15(16)10-14/h3-11H,19H2,1-2H3. The second-order valence-electron chi connectivity index (χ2n) is 5.00. The van der Waals surface area contributed by atoms with Crippen molar-refractivity contribution in [3.8, 4) is 16.9 Å². The van der Waals surface area contributed by atoms with E-state index < -0.39 is 0 Å². The lowest BCUT2D eigenvalue weighted by Crippen LogP contribution is -1.89. The molecule has 0 spiro atoms. The van der Waals surface area contributed by atoms with Crippen molar-refractivity contribution in [2.45, 2.75) is 6.92 Å². The Morgan fingerprint density at radius 3 is 2.20 bits per heavy atom. The van der Waals surface area contributed by atoms with Crippen LogP contribution in [0.2, 0.25) is 0 Å². The molecule has 3 rings (SSSR count). The fourth-order valence-electron chi connectivity index (χ4n) is 2.39. The molecule has 0 aliphatic heterocycles. The number of aryl methyl sites for hydroxylation is 1. The quantitative estimate of drug-likeness (QED) is 0.695. The van der Waals surface area contributed by atoms with Crippen LogP contribution in [0.4, 0.5) is 5.69 Å². The lowest BCUT2D eigenvalue weighted by Gasteiger charge is -2.08. The fourth-order valence-corrected chi connectivity index (χ4v) is 2.39. The van der Waals surface area contributed by atoms with Gasteiger partial charge in [0.1, 0.15) is 5.75 Å². The Morgan fingerprint density at radius 2 is 1.45 bits per heavy atom. The summed E-state index contributed by atoms with van der Waals surface area (Å²) >= 11 is 0. The van der Waals surface area contributed by atoms with Gasteiger partial charge in [-0.15, -0.1) is 0 Å². The van der Waals surface area contributed by atoms with Gasteiger partial charge in [0.25, 0.3) is 0 Å². The lowest BCUT2D eigenvalue weighted by molar-refractivity contribution is 0.415. The summed E-state index contributed by atoms with van der Waals surface area (Å²) in [5.41, 5.74) is 10.2. The van der Waals surface area contributed by atoms with Gasteiger partial charge < -0.3 is 10.5 Å². The predicted octanol–water partition coefficient (Wildman–Crippen LogP) is 4.41. The zero-order chi connectivity index (χ0) is 14.1. The summed E-state index contributed by atoms with van der Waals surface area (Å²) in [4.78, 5) is 0. The van der Waals surface area contributed by atoms with Crippen molar-refractivity contribution in [2.24, 2.45) is 0 Å². The first kappa shape index (κ1) is 12.5. The van der Waals surface area contributed by atoms with Gasteiger partial charge in [-0.1, -0.05) is 24.3 Å². The van der Waals surface area contributed by atoms with E-state index >= 15 is 0 Å². The van der Waals surface area contributed by atoms with Gasteiger partial charge >= 0.3 is 0 Å². The Bertz CT molecular complexity index is 777. The smallest absolute Gasteiger partial charge is 0.119 e. The molecule has 0 unspecified atom stereocenters. The van der Waals surface area contributed by atoms with Crippen LogP contribution in [0.1, 0.15) is 5.56 Å². The van der Waals surface area contributed by atoms with Gasteiger partial charge in [0.2, 0.25) is 0 Å². The largest absolute Gasteiger partial charge is 0.497 e. The van der Waals surface area contributed by atoms with Gasteiger partial charge in [0, 0.05) is 5.69 Å². The highest BCUT2D eigenvalue weighted by Crippen LogP contribution is 2.28. The van der Waals surface area contributed by atoms with Crippen molar-refractivity contribution >= 4 is 16.5 Å². The first-order valence-corrected chi connectivity index (χ1v) is 6.62. The number of hydrogen-bond donors (Lipinski definition) is 1. The predicted molar refractivity (Wildman–Crippen MR) is 85.1 cm³/mol. The number of benzene rings is 3. The summed E-state index contributed by atoms with van der Waals surface area (Å²) in [6, 6.07) is 18.7. The van der Waals surface area contributed by atoms with Crippen molar-refractivity contribution in [1.29, 1.82) is 0 Å². The van der Waals surface area contributed by atoms with E-state index in [1.54, 1.807) is 7.11 Å². The molecule has 0 saturated carbocycles. The Hall–Kier alpha value is -2.48. The molecule has 0 atom stereocenters. The van der Waals surface area contributed by atoms with Crippen LogP contribution in [0.3, 0.4) is 0 Å². The van der Waals surface area contributed by atoms with E-state index in [9.17, 15) is 0 Å². The maximum atomic E-state index is 5.88. The highest BCUT2D eigenvalue weighted by Gasteiger charge is 2.03. The zero-order valence-electron chi connectivity index (χ0n) is 11.7. The minimum Gasteiger partial charge on any atom is -0.497 e. The Morgan fingerprint density at radius 1 is 0.800 bits per heavy atom. The van der Waals surface area contributed by atoms with Crippen molar-refractivity contribution in [1.82, 2.24) is 0 Å². The molecule has 0 heterocycles. The number of nitrogens with two attached hydrogens (primary N) is 1. The average Bonchev–Trinajstić information content (AvgIpc) is 2.49. The van der Waals surface area contributed by atoms with Crippen LogP contribution < -0.4 is 10.5 Å². The number of nitrogen functional groups attached to an aromatic ring is 1. The molecule has 3 aromatic carbocycles. The Kier molecular flexibility index (Phi) is 3.07. The summed E-state index contributed by atoms with van der Waals surface area (Å²) in [5.74, 6) is 0.883. The third-order valence-corrected chi connectivity index (χ3v) is 3.65. The summed E-state index contributed by atoms with van der Waals surface area (Å²) in [7, 11) is 1.69. The van der Waals surface area contributed by atoms with Crippen LogP contribution in [-0.4, -0.2) is 7.11 Å². The topological polar surface area (TPSA) is 35.2 Å². The van der Waals surface area contributed by atoms with Crippen LogP contribution in [0, 0.1) is 6.92 Å². The summed E-state index contributed by atoms with van der Waals surface area (Å²) in [6.07, 6.45) is 0. The van der Waals surface area contributed by atoms with Crippen LogP contribution >= 0.6 is 0 Å². The maximum absolute atomic E-state index is 5.88. The van der Waals surface area contributed by atoms with Gasteiger partial charge in [-0.3, -0.25) is 0 Å². The first-order valence-electron chi connectivity index (χ1n) is 6.62. The molecule has 0 aliphatic carbocycles. The summed E-state index contributed by atoms with van der Waals surface area (Å²) in [6.45, 7) is 2.03. The molecule has 0 radical (unpaired) electrons.